The van der Waals surface area contributed by atoms with Gasteiger partial charge in [0.1, 0.15) is 5.01 Å². The van der Waals surface area contributed by atoms with Gasteiger partial charge in [-0.2, -0.15) is 0 Å². The van der Waals surface area contributed by atoms with Crippen molar-refractivity contribution in [1.29, 1.82) is 0 Å². The highest BCUT2D eigenvalue weighted by Crippen LogP contribution is 2.17. The van der Waals surface area contributed by atoms with Crippen molar-refractivity contribution in [3.63, 3.8) is 0 Å². The van der Waals surface area contributed by atoms with Crippen LogP contribution in [0.3, 0.4) is 0 Å². The van der Waals surface area contributed by atoms with E-state index in [1.165, 1.54) is 21.6 Å². The molecule has 9 heteroatoms. The molecule has 21 heavy (non-hydrogen) atoms. The van der Waals surface area contributed by atoms with E-state index >= 15 is 0 Å². The Kier molecular flexibility index (Phi) is 4.73. The fourth-order valence-electron chi connectivity index (χ4n) is 2.19. The second-order valence-electron chi connectivity index (χ2n) is 4.77. The van der Waals surface area contributed by atoms with E-state index in [-0.39, 0.29) is 24.1 Å². The first kappa shape index (κ1) is 15.2. The molecule has 1 saturated heterocycles. The molecule has 1 fully saturated rings. The third-order valence-corrected chi connectivity index (χ3v) is 4.14. The van der Waals surface area contributed by atoms with E-state index in [2.05, 4.69) is 10.3 Å². The van der Waals surface area contributed by atoms with Gasteiger partial charge in [0.25, 0.3) is 0 Å². The fraction of sp³-hybridized carbons (Fsp3) is 0.500. The van der Waals surface area contributed by atoms with E-state index in [1.807, 2.05) is 0 Å². The Labute approximate surface area is 124 Å². The summed E-state index contributed by atoms with van der Waals surface area (Å²) < 4.78 is 0. The Balaban J connectivity index is 1.86. The molecular weight excluding hydrogens is 296 g/mol. The van der Waals surface area contributed by atoms with Gasteiger partial charge in [-0.15, -0.1) is 11.3 Å². The van der Waals surface area contributed by atoms with Gasteiger partial charge < -0.3 is 21.1 Å². The molecule has 0 aromatic carbocycles. The molecule has 1 aliphatic heterocycles. The van der Waals surface area contributed by atoms with Gasteiger partial charge in [-0.25, -0.2) is 14.6 Å². The molecule has 0 aliphatic carbocycles. The van der Waals surface area contributed by atoms with E-state index in [0.717, 1.165) is 6.42 Å². The van der Waals surface area contributed by atoms with Crippen molar-refractivity contribution in [2.45, 2.75) is 19.4 Å². The molecule has 0 saturated carbocycles. The van der Waals surface area contributed by atoms with Crippen LogP contribution in [0.25, 0.3) is 0 Å². The van der Waals surface area contributed by atoms with Crippen LogP contribution >= 0.6 is 11.3 Å². The summed E-state index contributed by atoms with van der Waals surface area (Å²) in [4.78, 5) is 39.2. The number of carboxylic acid groups (broad SMARTS) is 1. The van der Waals surface area contributed by atoms with E-state index < -0.39 is 12.0 Å². The predicted octanol–water partition coefficient (Wildman–Crippen LogP) is 0.248. The molecule has 1 atom stereocenters. The largest absolute Gasteiger partial charge is 0.476 e. The number of amides is 3. The standard InChI is InChI=1S/C12H16N4O4S/c13-12(20)16-3-1-2-7(5-16)10(17)14-4-9-15-8(6-21-9)11(18)19/h6-7H,1-5H2,(H2,13,20)(H,14,17)(H,18,19). The lowest BCUT2D eigenvalue weighted by Gasteiger charge is -2.30. The lowest BCUT2D eigenvalue weighted by atomic mass is 9.97. The highest BCUT2D eigenvalue weighted by atomic mass is 32.1. The average Bonchev–Trinajstić information content (AvgIpc) is 2.94. The highest BCUT2D eigenvalue weighted by Gasteiger charge is 2.27. The summed E-state index contributed by atoms with van der Waals surface area (Å²) >= 11 is 1.18. The zero-order chi connectivity index (χ0) is 15.4. The van der Waals surface area contributed by atoms with Gasteiger partial charge >= 0.3 is 12.0 Å². The smallest absolute Gasteiger partial charge is 0.355 e. The minimum Gasteiger partial charge on any atom is -0.476 e. The molecule has 8 nitrogen and oxygen atoms in total. The molecule has 1 aromatic heterocycles. The van der Waals surface area contributed by atoms with Gasteiger partial charge in [0, 0.05) is 18.5 Å². The number of likely N-dealkylation sites (tertiary alicyclic amines) is 1. The van der Waals surface area contributed by atoms with Gasteiger partial charge in [-0.3, -0.25) is 4.79 Å². The number of nitrogens with zero attached hydrogens (tertiary/aromatic N) is 2. The Bertz CT molecular complexity index is 559. The fourth-order valence-corrected chi connectivity index (χ4v) is 2.90. The van der Waals surface area contributed by atoms with E-state index in [1.54, 1.807) is 0 Å². The van der Waals surface area contributed by atoms with Crippen LogP contribution in [0.1, 0.15) is 28.3 Å². The van der Waals surface area contributed by atoms with Crippen molar-refractivity contribution >= 4 is 29.2 Å². The summed E-state index contributed by atoms with van der Waals surface area (Å²) in [6.45, 7) is 1.08. The SMILES string of the molecule is NC(=O)N1CCCC(C(=O)NCc2nc(C(=O)O)cs2)C1. The van der Waals surface area contributed by atoms with Crippen LogP contribution in [-0.4, -0.2) is 46.0 Å². The van der Waals surface area contributed by atoms with Crippen molar-refractivity contribution in [3.05, 3.63) is 16.1 Å². The van der Waals surface area contributed by atoms with Crippen molar-refractivity contribution in [1.82, 2.24) is 15.2 Å². The lowest BCUT2D eigenvalue weighted by molar-refractivity contribution is -0.126. The van der Waals surface area contributed by atoms with Crippen LogP contribution in [0.5, 0.6) is 0 Å². The molecule has 1 aliphatic rings. The van der Waals surface area contributed by atoms with Gasteiger partial charge in [0.15, 0.2) is 5.69 Å². The van der Waals surface area contributed by atoms with Crippen molar-refractivity contribution in [3.8, 4) is 0 Å². The van der Waals surface area contributed by atoms with Gasteiger partial charge in [-0.05, 0) is 12.8 Å². The molecule has 4 N–H and O–H groups in total. The summed E-state index contributed by atoms with van der Waals surface area (Å²) in [7, 11) is 0. The van der Waals surface area contributed by atoms with Crippen LogP contribution in [0.2, 0.25) is 0 Å². The molecule has 2 rings (SSSR count). The molecule has 2 heterocycles. The number of aromatic nitrogens is 1. The number of carboxylic acids is 1. The number of piperidine rings is 1. The maximum absolute atomic E-state index is 12.1. The number of carbonyl (C=O) groups is 3. The number of urea groups is 1. The molecule has 0 radical (unpaired) electrons. The lowest BCUT2D eigenvalue weighted by Crippen LogP contribution is -2.47. The van der Waals surface area contributed by atoms with E-state index in [4.69, 9.17) is 10.8 Å². The summed E-state index contributed by atoms with van der Waals surface area (Å²) in [6.07, 6.45) is 1.44. The third kappa shape index (κ3) is 3.91. The van der Waals surface area contributed by atoms with Crippen LogP contribution in [0, 0.1) is 5.92 Å². The Morgan fingerprint density at radius 2 is 2.29 bits per heavy atom. The summed E-state index contributed by atoms with van der Waals surface area (Å²) in [5.41, 5.74) is 5.19. The summed E-state index contributed by atoms with van der Waals surface area (Å²) in [5.74, 6) is -1.55. The molecule has 0 spiro atoms. The van der Waals surface area contributed by atoms with Crippen molar-refractivity contribution < 1.29 is 19.5 Å². The van der Waals surface area contributed by atoms with Crippen molar-refractivity contribution in [2.24, 2.45) is 11.7 Å². The zero-order valence-corrected chi connectivity index (χ0v) is 12.1. The molecule has 3 amide bonds. The second kappa shape index (κ2) is 6.53. The zero-order valence-electron chi connectivity index (χ0n) is 11.2. The summed E-state index contributed by atoms with van der Waals surface area (Å²) in [6, 6.07) is -0.515. The van der Waals surface area contributed by atoms with Crippen LogP contribution in [-0.2, 0) is 11.3 Å². The quantitative estimate of drug-likeness (QED) is 0.734. The topological polar surface area (TPSA) is 126 Å². The number of hydrogen-bond acceptors (Lipinski definition) is 5. The van der Waals surface area contributed by atoms with E-state index in [9.17, 15) is 14.4 Å². The van der Waals surface area contributed by atoms with Crippen LogP contribution < -0.4 is 11.1 Å². The first-order chi connectivity index (χ1) is 9.97. The normalized spacial score (nSPS) is 18.3. The minimum atomic E-state index is -1.09. The molecule has 1 aromatic rings. The monoisotopic (exact) mass is 312 g/mol. The third-order valence-electron chi connectivity index (χ3n) is 3.29. The highest BCUT2D eigenvalue weighted by molar-refractivity contribution is 7.09. The maximum Gasteiger partial charge on any atom is 0.355 e. The number of nitrogens with two attached hydrogens (primary N) is 1. The van der Waals surface area contributed by atoms with E-state index in [0.29, 0.717) is 24.5 Å². The van der Waals surface area contributed by atoms with Gasteiger partial charge in [0.2, 0.25) is 5.91 Å². The number of rotatable bonds is 4. The number of nitrogens with one attached hydrogen (secondary N) is 1. The van der Waals surface area contributed by atoms with Crippen LogP contribution in [0.15, 0.2) is 5.38 Å². The van der Waals surface area contributed by atoms with Gasteiger partial charge in [-0.1, -0.05) is 0 Å². The number of thiazole rings is 1. The Morgan fingerprint density at radius 3 is 2.90 bits per heavy atom. The Morgan fingerprint density at radius 1 is 1.52 bits per heavy atom. The van der Waals surface area contributed by atoms with Crippen molar-refractivity contribution in [2.75, 3.05) is 13.1 Å². The number of hydrogen-bond donors (Lipinski definition) is 3. The minimum absolute atomic E-state index is 0.0261. The molecule has 0 bridgehead atoms. The second-order valence-corrected chi connectivity index (χ2v) is 5.72. The first-order valence-electron chi connectivity index (χ1n) is 6.47. The number of primary amides is 1. The Hall–Kier alpha value is -2.16. The molecule has 114 valence electrons. The summed E-state index contributed by atoms with van der Waals surface area (Å²) in [5, 5.41) is 13.4. The molecular formula is C12H16N4O4S. The maximum atomic E-state index is 12.1. The van der Waals surface area contributed by atoms with Crippen LogP contribution in [0.4, 0.5) is 4.79 Å². The number of carbonyl (C=O) groups excluding carboxylic acids is 2. The molecule has 1 unspecified atom stereocenters. The predicted molar refractivity (Wildman–Crippen MR) is 74.8 cm³/mol. The number of aromatic carboxylic acids is 1. The van der Waals surface area contributed by atoms with Gasteiger partial charge in [0.05, 0.1) is 12.5 Å². The average molecular weight is 312 g/mol. The first-order valence-corrected chi connectivity index (χ1v) is 7.35.